The first-order chi connectivity index (χ1) is 7.79. The molecule has 1 unspecified atom stereocenters. The third kappa shape index (κ3) is 2.64. The minimum absolute atomic E-state index is 0.744. The average Bonchev–Trinajstić information content (AvgIpc) is 2.82. The lowest BCUT2D eigenvalue weighted by Crippen LogP contribution is -2.27. The number of aromatic nitrogens is 1. The second kappa shape index (κ2) is 5.16. The maximum Gasteiger partial charge on any atom is 0.137 e. The van der Waals surface area contributed by atoms with Crippen molar-refractivity contribution in [3.05, 3.63) is 18.3 Å². The lowest BCUT2D eigenvalue weighted by atomic mass is 10.1. The molecule has 4 nitrogen and oxygen atoms in total. The molecule has 1 aromatic heterocycles. The van der Waals surface area contributed by atoms with Crippen LogP contribution in [0.5, 0.6) is 5.75 Å². The topological polar surface area (TPSA) is 37.4 Å². The molecule has 0 aliphatic carbocycles. The Morgan fingerprint density at radius 3 is 3.00 bits per heavy atom. The molecule has 0 aromatic carbocycles. The van der Waals surface area contributed by atoms with Gasteiger partial charge in [0.2, 0.25) is 0 Å². The van der Waals surface area contributed by atoms with Crippen LogP contribution in [0.3, 0.4) is 0 Å². The van der Waals surface area contributed by atoms with Crippen LogP contribution in [0.1, 0.15) is 6.42 Å². The van der Waals surface area contributed by atoms with Crippen molar-refractivity contribution in [2.24, 2.45) is 5.92 Å². The summed E-state index contributed by atoms with van der Waals surface area (Å²) in [6.07, 6.45) is 3.03. The molecule has 0 bridgehead atoms. The summed E-state index contributed by atoms with van der Waals surface area (Å²) in [5.41, 5.74) is 0. The monoisotopic (exact) mass is 221 g/mol. The van der Waals surface area contributed by atoms with Crippen molar-refractivity contribution < 1.29 is 4.74 Å². The fourth-order valence-corrected chi connectivity index (χ4v) is 2.07. The molecule has 16 heavy (non-hydrogen) atoms. The van der Waals surface area contributed by atoms with Gasteiger partial charge in [-0.1, -0.05) is 0 Å². The van der Waals surface area contributed by atoms with Crippen LogP contribution in [-0.2, 0) is 0 Å². The summed E-state index contributed by atoms with van der Waals surface area (Å²) in [6, 6.07) is 3.95. The van der Waals surface area contributed by atoms with Crippen LogP contribution >= 0.6 is 0 Å². The quantitative estimate of drug-likeness (QED) is 0.827. The van der Waals surface area contributed by atoms with Gasteiger partial charge in [-0.2, -0.15) is 0 Å². The molecular formula is C12H19N3O. The number of ether oxygens (including phenoxy) is 1. The van der Waals surface area contributed by atoms with Gasteiger partial charge in [0.1, 0.15) is 11.6 Å². The first-order valence-corrected chi connectivity index (χ1v) is 5.71. The molecule has 0 spiro atoms. The second-order valence-electron chi connectivity index (χ2n) is 4.30. The Balaban J connectivity index is 1.94. The molecule has 1 aliphatic heterocycles. The fraction of sp³-hybridized carbons (Fsp3) is 0.583. The molecule has 0 radical (unpaired) electrons. The van der Waals surface area contributed by atoms with Crippen LogP contribution in [0.15, 0.2) is 18.3 Å². The van der Waals surface area contributed by atoms with E-state index in [-0.39, 0.29) is 0 Å². The summed E-state index contributed by atoms with van der Waals surface area (Å²) in [7, 11) is 3.75. The van der Waals surface area contributed by atoms with E-state index in [1.54, 1.807) is 13.3 Å². The van der Waals surface area contributed by atoms with Crippen molar-refractivity contribution in [3.63, 3.8) is 0 Å². The number of rotatable bonds is 4. The molecule has 1 fully saturated rings. The first-order valence-electron chi connectivity index (χ1n) is 5.71. The fourth-order valence-electron chi connectivity index (χ4n) is 2.07. The smallest absolute Gasteiger partial charge is 0.137 e. The number of nitrogens with zero attached hydrogens (tertiary/aromatic N) is 2. The van der Waals surface area contributed by atoms with E-state index < -0.39 is 0 Å². The van der Waals surface area contributed by atoms with E-state index in [4.69, 9.17) is 4.74 Å². The number of nitrogens with one attached hydrogen (secondary N) is 1. The van der Waals surface area contributed by atoms with Crippen LogP contribution in [0.25, 0.3) is 0 Å². The Hall–Kier alpha value is -1.29. The van der Waals surface area contributed by atoms with E-state index in [9.17, 15) is 0 Å². The zero-order valence-electron chi connectivity index (χ0n) is 9.94. The number of methoxy groups -OCH3 is 1. The molecule has 88 valence electrons. The molecule has 2 heterocycles. The molecular weight excluding hydrogens is 202 g/mol. The third-order valence-corrected chi connectivity index (χ3v) is 3.04. The Bertz CT molecular complexity index is 320. The maximum atomic E-state index is 5.09. The summed E-state index contributed by atoms with van der Waals surface area (Å²) >= 11 is 0. The van der Waals surface area contributed by atoms with Crippen molar-refractivity contribution in [1.82, 2.24) is 10.3 Å². The third-order valence-electron chi connectivity index (χ3n) is 3.04. The van der Waals surface area contributed by atoms with Crippen molar-refractivity contribution >= 4 is 5.82 Å². The summed E-state index contributed by atoms with van der Waals surface area (Å²) in [5, 5.41) is 3.38. The van der Waals surface area contributed by atoms with Crippen LogP contribution in [0.4, 0.5) is 5.82 Å². The minimum atomic E-state index is 0.744. The average molecular weight is 221 g/mol. The lowest BCUT2D eigenvalue weighted by molar-refractivity contribution is 0.413. The van der Waals surface area contributed by atoms with E-state index in [0.717, 1.165) is 37.1 Å². The number of anilines is 1. The zero-order chi connectivity index (χ0) is 11.4. The maximum absolute atomic E-state index is 5.09. The first kappa shape index (κ1) is 11.2. The van der Waals surface area contributed by atoms with Gasteiger partial charge in [0, 0.05) is 13.6 Å². The lowest BCUT2D eigenvalue weighted by Gasteiger charge is -2.21. The van der Waals surface area contributed by atoms with E-state index >= 15 is 0 Å². The highest BCUT2D eigenvalue weighted by atomic mass is 16.5. The molecule has 1 atom stereocenters. The predicted octanol–water partition coefficient (Wildman–Crippen LogP) is 1.14. The molecule has 1 saturated heterocycles. The molecule has 1 N–H and O–H groups in total. The molecule has 2 rings (SSSR count). The highest BCUT2D eigenvalue weighted by molar-refractivity contribution is 5.39. The molecule has 0 amide bonds. The van der Waals surface area contributed by atoms with Gasteiger partial charge in [-0.15, -0.1) is 0 Å². The van der Waals surface area contributed by atoms with Gasteiger partial charge in [0.05, 0.1) is 13.3 Å². The molecule has 0 saturated carbocycles. The van der Waals surface area contributed by atoms with E-state index in [1.165, 1.54) is 6.42 Å². The summed E-state index contributed by atoms with van der Waals surface area (Å²) in [5.74, 6) is 2.56. The van der Waals surface area contributed by atoms with E-state index in [2.05, 4.69) is 22.2 Å². The van der Waals surface area contributed by atoms with Gasteiger partial charge in [0.25, 0.3) is 0 Å². The van der Waals surface area contributed by atoms with Crippen LogP contribution in [0.2, 0.25) is 0 Å². The molecule has 4 heteroatoms. The Labute approximate surface area is 96.6 Å². The normalized spacial score (nSPS) is 19.8. The standard InChI is InChI=1S/C12H19N3O/c1-15(9-10-5-6-13-7-10)12-4-3-11(16-2)8-14-12/h3-4,8,10,13H,5-7,9H2,1-2H3. The molecule has 1 aliphatic rings. The van der Waals surface area contributed by atoms with Gasteiger partial charge in [-0.25, -0.2) is 4.98 Å². The molecule has 1 aromatic rings. The SMILES string of the molecule is COc1ccc(N(C)CC2CCNC2)nc1. The van der Waals surface area contributed by atoms with Crippen LogP contribution < -0.4 is 15.0 Å². The Morgan fingerprint density at radius 2 is 2.44 bits per heavy atom. The van der Waals surface area contributed by atoms with Crippen molar-refractivity contribution in [1.29, 1.82) is 0 Å². The second-order valence-corrected chi connectivity index (χ2v) is 4.30. The Kier molecular flexibility index (Phi) is 3.62. The highest BCUT2D eigenvalue weighted by Gasteiger charge is 2.16. The number of hydrogen-bond acceptors (Lipinski definition) is 4. The number of hydrogen-bond donors (Lipinski definition) is 1. The summed E-state index contributed by atoms with van der Waals surface area (Å²) < 4.78 is 5.09. The van der Waals surface area contributed by atoms with E-state index in [1.807, 2.05) is 12.1 Å². The highest BCUT2D eigenvalue weighted by Crippen LogP contribution is 2.17. The van der Waals surface area contributed by atoms with Crippen molar-refractivity contribution in [3.8, 4) is 5.75 Å². The van der Waals surface area contributed by atoms with Gasteiger partial charge in [-0.3, -0.25) is 0 Å². The summed E-state index contributed by atoms with van der Waals surface area (Å²) in [6.45, 7) is 3.33. The minimum Gasteiger partial charge on any atom is -0.495 e. The summed E-state index contributed by atoms with van der Waals surface area (Å²) in [4.78, 5) is 6.58. The van der Waals surface area contributed by atoms with Crippen LogP contribution in [0, 0.1) is 5.92 Å². The van der Waals surface area contributed by atoms with Crippen molar-refractivity contribution in [2.75, 3.05) is 38.7 Å². The van der Waals surface area contributed by atoms with Gasteiger partial charge in [-0.05, 0) is 37.6 Å². The van der Waals surface area contributed by atoms with Gasteiger partial charge in [0.15, 0.2) is 0 Å². The largest absolute Gasteiger partial charge is 0.495 e. The number of pyridine rings is 1. The Morgan fingerprint density at radius 1 is 1.56 bits per heavy atom. The predicted molar refractivity (Wildman–Crippen MR) is 65.0 cm³/mol. The van der Waals surface area contributed by atoms with E-state index in [0.29, 0.717) is 0 Å². The van der Waals surface area contributed by atoms with Gasteiger partial charge < -0.3 is 15.0 Å². The zero-order valence-corrected chi connectivity index (χ0v) is 9.94. The van der Waals surface area contributed by atoms with Gasteiger partial charge >= 0.3 is 0 Å². The van der Waals surface area contributed by atoms with Crippen LogP contribution in [-0.4, -0.2) is 38.8 Å². The van der Waals surface area contributed by atoms with Crippen molar-refractivity contribution in [2.45, 2.75) is 6.42 Å².